The highest BCUT2D eigenvalue weighted by Gasteiger charge is 2.18. The van der Waals surface area contributed by atoms with Gasteiger partial charge >= 0.3 is 0 Å². The van der Waals surface area contributed by atoms with Crippen LogP contribution in [0.15, 0.2) is 36.4 Å². The fraction of sp³-hybridized carbons (Fsp3) is 0.294. The molecule has 2 aromatic carbocycles. The monoisotopic (exact) mass is 285 g/mol. The average molecular weight is 285 g/mol. The van der Waals surface area contributed by atoms with Crippen molar-refractivity contribution in [3.05, 3.63) is 47.5 Å². The third kappa shape index (κ3) is 3.05. The zero-order valence-electron chi connectivity index (χ0n) is 12.3. The van der Waals surface area contributed by atoms with Crippen LogP contribution in [0.2, 0.25) is 0 Å². The standard InChI is InChI=1S/C17H19NO3/c1-12-3-5-14(6-4-12)18-11-13-9-15(19-2)17-16(10-13)20-7-8-21-17/h3-6,9-10,18H,7-8,11H2,1-2H3. The van der Waals surface area contributed by atoms with Crippen molar-refractivity contribution in [1.29, 1.82) is 0 Å². The Kier molecular flexibility index (Phi) is 3.86. The highest BCUT2D eigenvalue weighted by Crippen LogP contribution is 2.40. The molecule has 1 aliphatic heterocycles. The minimum atomic E-state index is 0.560. The lowest BCUT2D eigenvalue weighted by Gasteiger charge is -2.21. The largest absolute Gasteiger partial charge is 0.493 e. The van der Waals surface area contributed by atoms with Gasteiger partial charge in [-0.25, -0.2) is 0 Å². The number of hydrogen-bond acceptors (Lipinski definition) is 4. The molecule has 3 rings (SSSR count). The molecule has 0 aromatic heterocycles. The van der Waals surface area contributed by atoms with Gasteiger partial charge < -0.3 is 19.5 Å². The summed E-state index contributed by atoms with van der Waals surface area (Å²) >= 11 is 0. The van der Waals surface area contributed by atoms with Crippen molar-refractivity contribution in [3.63, 3.8) is 0 Å². The van der Waals surface area contributed by atoms with Crippen LogP contribution < -0.4 is 19.5 Å². The number of methoxy groups -OCH3 is 1. The van der Waals surface area contributed by atoms with E-state index in [0.29, 0.717) is 31.3 Å². The van der Waals surface area contributed by atoms with Gasteiger partial charge in [0.15, 0.2) is 11.5 Å². The zero-order chi connectivity index (χ0) is 14.7. The molecule has 0 unspecified atom stereocenters. The van der Waals surface area contributed by atoms with Crippen LogP contribution in [0, 0.1) is 6.92 Å². The minimum Gasteiger partial charge on any atom is -0.493 e. The molecular weight excluding hydrogens is 266 g/mol. The molecule has 4 nitrogen and oxygen atoms in total. The van der Waals surface area contributed by atoms with Gasteiger partial charge in [0, 0.05) is 12.2 Å². The molecule has 2 aromatic rings. The summed E-state index contributed by atoms with van der Waals surface area (Å²) in [5.41, 5.74) is 3.44. The first kappa shape index (κ1) is 13.6. The molecule has 0 aliphatic carbocycles. The van der Waals surface area contributed by atoms with Crippen LogP contribution in [-0.2, 0) is 6.54 Å². The zero-order valence-corrected chi connectivity index (χ0v) is 12.3. The van der Waals surface area contributed by atoms with Gasteiger partial charge in [0.05, 0.1) is 7.11 Å². The first-order valence-electron chi connectivity index (χ1n) is 7.03. The Balaban J connectivity index is 1.77. The molecule has 1 aliphatic rings. The van der Waals surface area contributed by atoms with Crippen LogP contribution in [0.25, 0.3) is 0 Å². The average Bonchev–Trinajstić information content (AvgIpc) is 2.53. The first-order chi connectivity index (χ1) is 10.3. The van der Waals surface area contributed by atoms with Crippen LogP contribution in [0.5, 0.6) is 17.2 Å². The number of aryl methyl sites for hydroxylation is 1. The van der Waals surface area contributed by atoms with E-state index in [1.807, 2.05) is 12.1 Å². The second kappa shape index (κ2) is 5.95. The molecule has 0 fully saturated rings. The molecule has 1 heterocycles. The fourth-order valence-corrected chi connectivity index (χ4v) is 2.31. The second-order valence-electron chi connectivity index (χ2n) is 5.04. The fourth-order valence-electron chi connectivity index (χ4n) is 2.31. The van der Waals surface area contributed by atoms with Crippen molar-refractivity contribution >= 4 is 5.69 Å². The minimum absolute atomic E-state index is 0.560. The van der Waals surface area contributed by atoms with Crippen molar-refractivity contribution in [2.75, 3.05) is 25.6 Å². The Hall–Kier alpha value is -2.36. The maximum Gasteiger partial charge on any atom is 0.203 e. The number of anilines is 1. The van der Waals surface area contributed by atoms with E-state index in [0.717, 1.165) is 17.0 Å². The number of benzene rings is 2. The summed E-state index contributed by atoms with van der Waals surface area (Å²) in [6.07, 6.45) is 0. The Labute approximate surface area is 124 Å². The van der Waals surface area contributed by atoms with E-state index in [-0.39, 0.29) is 0 Å². The van der Waals surface area contributed by atoms with Gasteiger partial charge in [-0.1, -0.05) is 17.7 Å². The molecule has 110 valence electrons. The molecule has 0 saturated heterocycles. The molecule has 0 spiro atoms. The van der Waals surface area contributed by atoms with Crippen molar-refractivity contribution in [2.24, 2.45) is 0 Å². The van der Waals surface area contributed by atoms with Crippen LogP contribution in [-0.4, -0.2) is 20.3 Å². The summed E-state index contributed by atoms with van der Waals surface area (Å²) in [5.74, 6) is 2.16. The number of fused-ring (bicyclic) bond motifs is 1. The van der Waals surface area contributed by atoms with Gasteiger partial charge in [0.25, 0.3) is 0 Å². The van der Waals surface area contributed by atoms with Crippen LogP contribution in [0.1, 0.15) is 11.1 Å². The molecule has 4 heteroatoms. The normalized spacial score (nSPS) is 12.9. The van der Waals surface area contributed by atoms with Crippen molar-refractivity contribution in [1.82, 2.24) is 0 Å². The lowest BCUT2D eigenvalue weighted by atomic mass is 10.1. The SMILES string of the molecule is COc1cc(CNc2ccc(C)cc2)cc2c1OCCO2. The van der Waals surface area contributed by atoms with Crippen molar-refractivity contribution in [3.8, 4) is 17.2 Å². The van der Waals surface area contributed by atoms with E-state index in [9.17, 15) is 0 Å². The molecule has 21 heavy (non-hydrogen) atoms. The summed E-state index contributed by atoms with van der Waals surface area (Å²) in [5, 5.41) is 3.39. The van der Waals surface area contributed by atoms with Gasteiger partial charge in [-0.2, -0.15) is 0 Å². The summed E-state index contributed by atoms with van der Waals surface area (Å²) in [6.45, 7) is 3.92. The highest BCUT2D eigenvalue weighted by molar-refractivity contribution is 5.55. The van der Waals surface area contributed by atoms with E-state index in [4.69, 9.17) is 14.2 Å². The summed E-state index contributed by atoms with van der Waals surface area (Å²) in [7, 11) is 1.64. The van der Waals surface area contributed by atoms with Gasteiger partial charge in [0.1, 0.15) is 13.2 Å². The van der Waals surface area contributed by atoms with Crippen molar-refractivity contribution in [2.45, 2.75) is 13.5 Å². The first-order valence-corrected chi connectivity index (χ1v) is 7.03. The molecular formula is C17H19NO3. The van der Waals surface area contributed by atoms with Gasteiger partial charge in [-0.3, -0.25) is 0 Å². The van der Waals surface area contributed by atoms with Gasteiger partial charge in [-0.05, 0) is 36.8 Å². The lowest BCUT2D eigenvalue weighted by Crippen LogP contribution is -2.16. The predicted molar refractivity (Wildman–Crippen MR) is 82.5 cm³/mol. The molecule has 0 radical (unpaired) electrons. The predicted octanol–water partition coefficient (Wildman–Crippen LogP) is 3.39. The Morgan fingerprint density at radius 3 is 2.62 bits per heavy atom. The molecule has 0 amide bonds. The molecule has 0 bridgehead atoms. The molecule has 0 saturated carbocycles. The third-order valence-electron chi connectivity index (χ3n) is 3.44. The second-order valence-corrected chi connectivity index (χ2v) is 5.04. The van der Waals surface area contributed by atoms with E-state index in [1.165, 1.54) is 5.56 Å². The van der Waals surface area contributed by atoms with Crippen LogP contribution in [0.3, 0.4) is 0 Å². The van der Waals surface area contributed by atoms with E-state index in [1.54, 1.807) is 7.11 Å². The molecule has 1 N–H and O–H groups in total. The van der Waals surface area contributed by atoms with Gasteiger partial charge in [0.2, 0.25) is 5.75 Å². The molecule has 0 atom stereocenters. The maximum absolute atomic E-state index is 5.64. The number of nitrogens with one attached hydrogen (secondary N) is 1. The smallest absolute Gasteiger partial charge is 0.203 e. The lowest BCUT2D eigenvalue weighted by molar-refractivity contribution is 0.165. The van der Waals surface area contributed by atoms with Crippen LogP contribution in [0.4, 0.5) is 5.69 Å². The summed E-state index contributed by atoms with van der Waals surface area (Å²) in [4.78, 5) is 0. The summed E-state index contributed by atoms with van der Waals surface area (Å²) in [6, 6.07) is 12.3. The number of hydrogen-bond donors (Lipinski definition) is 1. The van der Waals surface area contributed by atoms with E-state index in [2.05, 4.69) is 36.5 Å². The Bertz CT molecular complexity index is 605. The summed E-state index contributed by atoms with van der Waals surface area (Å²) < 4.78 is 16.6. The van der Waals surface area contributed by atoms with Gasteiger partial charge in [-0.15, -0.1) is 0 Å². The van der Waals surface area contributed by atoms with Crippen molar-refractivity contribution < 1.29 is 14.2 Å². The quantitative estimate of drug-likeness (QED) is 0.934. The highest BCUT2D eigenvalue weighted by atomic mass is 16.6. The maximum atomic E-state index is 5.64. The Morgan fingerprint density at radius 2 is 1.86 bits per heavy atom. The topological polar surface area (TPSA) is 39.7 Å². The van der Waals surface area contributed by atoms with Crippen LogP contribution >= 0.6 is 0 Å². The Morgan fingerprint density at radius 1 is 1.10 bits per heavy atom. The van der Waals surface area contributed by atoms with E-state index < -0.39 is 0 Å². The number of rotatable bonds is 4. The number of ether oxygens (including phenoxy) is 3. The van der Waals surface area contributed by atoms with E-state index >= 15 is 0 Å². The third-order valence-corrected chi connectivity index (χ3v) is 3.44.